The maximum atomic E-state index is 13.7. The minimum atomic E-state index is -0.295. The molecule has 25 heavy (non-hydrogen) atoms. The molecule has 128 valence electrons. The summed E-state index contributed by atoms with van der Waals surface area (Å²) in [6.45, 7) is 2.17. The number of carbonyl (C=O) groups excluding carboxylic acids is 1. The van der Waals surface area contributed by atoms with Crippen molar-refractivity contribution in [3.05, 3.63) is 77.1 Å². The van der Waals surface area contributed by atoms with Gasteiger partial charge in [-0.1, -0.05) is 24.3 Å². The van der Waals surface area contributed by atoms with Crippen molar-refractivity contribution in [3.63, 3.8) is 0 Å². The van der Waals surface area contributed by atoms with Crippen molar-refractivity contribution in [1.29, 1.82) is 0 Å². The van der Waals surface area contributed by atoms with Gasteiger partial charge in [-0.2, -0.15) is 0 Å². The standard InChI is InChI=1S/C21H20FNO2/c1-2-25-21(24)14-9-10-19-18(12-14)16-7-4-8-17(16)20(23-19)13-5-3-6-15(22)11-13/h3-7,9-12,16-17,20,23H,2,8H2,1H3/t16-,17-,20+/m1/s1. The van der Waals surface area contributed by atoms with Gasteiger partial charge < -0.3 is 10.1 Å². The number of halogens is 1. The van der Waals surface area contributed by atoms with Gasteiger partial charge in [0.1, 0.15) is 5.82 Å². The molecule has 0 saturated carbocycles. The predicted octanol–water partition coefficient (Wildman–Crippen LogP) is 4.83. The van der Waals surface area contributed by atoms with Crippen LogP contribution < -0.4 is 5.32 Å². The van der Waals surface area contributed by atoms with Crippen LogP contribution in [0, 0.1) is 11.7 Å². The third-order valence-corrected chi connectivity index (χ3v) is 5.08. The lowest BCUT2D eigenvalue weighted by Crippen LogP contribution is -2.29. The van der Waals surface area contributed by atoms with E-state index in [1.165, 1.54) is 6.07 Å². The van der Waals surface area contributed by atoms with E-state index in [1.807, 2.05) is 18.2 Å². The highest BCUT2D eigenvalue weighted by atomic mass is 19.1. The molecular formula is C21H20FNO2. The molecule has 0 fully saturated rings. The third-order valence-electron chi connectivity index (χ3n) is 5.08. The number of allylic oxidation sites excluding steroid dienone is 2. The summed E-state index contributed by atoms with van der Waals surface area (Å²) >= 11 is 0. The highest BCUT2D eigenvalue weighted by molar-refractivity contribution is 5.90. The number of nitrogens with one attached hydrogen (secondary N) is 1. The maximum absolute atomic E-state index is 13.7. The lowest BCUT2D eigenvalue weighted by Gasteiger charge is -2.37. The van der Waals surface area contributed by atoms with Crippen molar-refractivity contribution in [2.45, 2.75) is 25.3 Å². The lowest BCUT2D eigenvalue weighted by atomic mass is 9.76. The molecule has 1 aliphatic heterocycles. The summed E-state index contributed by atoms with van der Waals surface area (Å²) in [5.74, 6) is 0.0204. The van der Waals surface area contributed by atoms with Crippen LogP contribution in [-0.2, 0) is 4.74 Å². The molecule has 1 N–H and O–H groups in total. The Bertz CT molecular complexity index is 846. The van der Waals surface area contributed by atoms with Gasteiger partial charge in [0, 0.05) is 11.6 Å². The van der Waals surface area contributed by atoms with Crippen molar-refractivity contribution in [3.8, 4) is 0 Å². The molecule has 2 aromatic rings. The first-order valence-electron chi connectivity index (χ1n) is 8.67. The van der Waals surface area contributed by atoms with E-state index in [-0.39, 0.29) is 23.7 Å². The number of hydrogen-bond acceptors (Lipinski definition) is 3. The van der Waals surface area contributed by atoms with E-state index in [1.54, 1.807) is 25.1 Å². The second-order valence-corrected chi connectivity index (χ2v) is 6.55. The monoisotopic (exact) mass is 337 g/mol. The van der Waals surface area contributed by atoms with Crippen molar-refractivity contribution in [2.24, 2.45) is 5.92 Å². The molecule has 0 bridgehead atoms. The average Bonchev–Trinajstić information content (AvgIpc) is 3.11. The fraction of sp³-hybridized carbons (Fsp3) is 0.286. The van der Waals surface area contributed by atoms with E-state index in [4.69, 9.17) is 4.74 Å². The number of ether oxygens (including phenoxy) is 1. The Kier molecular flexibility index (Phi) is 4.04. The smallest absolute Gasteiger partial charge is 0.338 e. The van der Waals surface area contributed by atoms with E-state index in [2.05, 4.69) is 17.5 Å². The zero-order valence-corrected chi connectivity index (χ0v) is 14.0. The first-order valence-corrected chi connectivity index (χ1v) is 8.67. The number of hydrogen-bond donors (Lipinski definition) is 1. The highest BCUT2D eigenvalue weighted by Crippen LogP contribution is 2.49. The second-order valence-electron chi connectivity index (χ2n) is 6.55. The van der Waals surface area contributed by atoms with E-state index in [0.717, 1.165) is 23.2 Å². The summed E-state index contributed by atoms with van der Waals surface area (Å²) in [5.41, 5.74) is 3.64. The first-order chi connectivity index (χ1) is 12.2. The Hall–Kier alpha value is -2.62. The number of rotatable bonds is 3. The van der Waals surface area contributed by atoms with Gasteiger partial charge in [-0.05, 0) is 60.7 Å². The largest absolute Gasteiger partial charge is 0.462 e. The van der Waals surface area contributed by atoms with Crippen molar-refractivity contribution >= 4 is 11.7 Å². The number of anilines is 1. The average molecular weight is 337 g/mol. The van der Waals surface area contributed by atoms with Gasteiger partial charge in [0.15, 0.2) is 0 Å². The van der Waals surface area contributed by atoms with Crippen LogP contribution >= 0.6 is 0 Å². The molecule has 0 radical (unpaired) electrons. The molecule has 0 saturated heterocycles. The zero-order chi connectivity index (χ0) is 17.4. The third kappa shape index (κ3) is 2.82. The number of benzene rings is 2. The van der Waals surface area contributed by atoms with Crippen LogP contribution in [0.2, 0.25) is 0 Å². The molecule has 0 aromatic heterocycles. The van der Waals surface area contributed by atoms with Gasteiger partial charge in [-0.15, -0.1) is 0 Å². The number of carbonyl (C=O) groups is 1. The second kappa shape index (κ2) is 6.36. The summed E-state index contributed by atoms with van der Waals surface area (Å²) in [4.78, 5) is 12.0. The SMILES string of the molecule is CCOC(=O)c1ccc2c(c1)[C@@H]1C=CC[C@H]1[C@H](c1cccc(F)c1)N2. The summed E-state index contributed by atoms with van der Waals surface area (Å²) in [6.07, 6.45) is 5.31. The summed E-state index contributed by atoms with van der Waals surface area (Å²) < 4.78 is 18.8. The molecule has 0 spiro atoms. The van der Waals surface area contributed by atoms with Gasteiger partial charge in [-0.3, -0.25) is 0 Å². The predicted molar refractivity (Wildman–Crippen MR) is 95.2 cm³/mol. The van der Waals surface area contributed by atoms with Crippen LogP contribution in [0.3, 0.4) is 0 Å². The summed E-state index contributed by atoms with van der Waals surface area (Å²) in [6, 6.07) is 12.5. The van der Waals surface area contributed by atoms with E-state index < -0.39 is 0 Å². The molecule has 4 rings (SSSR count). The van der Waals surface area contributed by atoms with Crippen molar-refractivity contribution < 1.29 is 13.9 Å². The Morgan fingerprint density at radius 2 is 2.16 bits per heavy atom. The van der Waals surface area contributed by atoms with Crippen LogP contribution in [0.25, 0.3) is 0 Å². The zero-order valence-electron chi connectivity index (χ0n) is 14.0. The molecule has 2 aliphatic rings. The Balaban J connectivity index is 1.72. The molecule has 0 amide bonds. The fourth-order valence-electron chi connectivity index (χ4n) is 3.97. The van der Waals surface area contributed by atoms with Crippen LogP contribution in [-0.4, -0.2) is 12.6 Å². The molecule has 3 atom stereocenters. The fourth-order valence-corrected chi connectivity index (χ4v) is 3.97. The first kappa shape index (κ1) is 15.9. The van der Waals surface area contributed by atoms with Crippen LogP contribution in [0.5, 0.6) is 0 Å². The van der Waals surface area contributed by atoms with Gasteiger partial charge in [0.25, 0.3) is 0 Å². The highest BCUT2D eigenvalue weighted by Gasteiger charge is 2.38. The Labute approximate surface area is 146 Å². The molecule has 3 nitrogen and oxygen atoms in total. The molecule has 1 aliphatic carbocycles. The van der Waals surface area contributed by atoms with E-state index in [0.29, 0.717) is 18.1 Å². The van der Waals surface area contributed by atoms with Gasteiger partial charge in [0.05, 0.1) is 18.2 Å². The van der Waals surface area contributed by atoms with Gasteiger partial charge in [-0.25, -0.2) is 9.18 Å². The minimum absolute atomic E-state index is 0.0524. The lowest BCUT2D eigenvalue weighted by molar-refractivity contribution is 0.0526. The van der Waals surface area contributed by atoms with E-state index in [9.17, 15) is 9.18 Å². The van der Waals surface area contributed by atoms with Crippen LogP contribution in [0.4, 0.5) is 10.1 Å². The van der Waals surface area contributed by atoms with Gasteiger partial charge in [0.2, 0.25) is 0 Å². The Morgan fingerprint density at radius 3 is 2.96 bits per heavy atom. The van der Waals surface area contributed by atoms with Crippen LogP contribution in [0.15, 0.2) is 54.6 Å². The molecular weight excluding hydrogens is 317 g/mol. The molecule has 0 unspecified atom stereocenters. The van der Waals surface area contributed by atoms with Crippen molar-refractivity contribution in [1.82, 2.24) is 0 Å². The van der Waals surface area contributed by atoms with Crippen LogP contribution in [0.1, 0.15) is 46.8 Å². The quantitative estimate of drug-likeness (QED) is 0.644. The number of esters is 1. The molecule has 2 aromatic carbocycles. The summed E-state index contributed by atoms with van der Waals surface area (Å²) in [7, 11) is 0. The number of fused-ring (bicyclic) bond motifs is 3. The van der Waals surface area contributed by atoms with Gasteiger partial charge >= 0.3 is 5.97 Å². The van der Waals surface area contributed by atoms with E-state index >= 15 is 0 Å². The minimum Gasteiger partial charge on any atom is -0.462 e. The van der Waals surface area contributed by atoms with Crippen molar-refractivity contribution in [2.75, 3.05) is 11.9 Å². The maximum Gasteiger partial charge on any atom is 0.338 e. The normalized spacial score (nSPS) is 23.5. The molecule has 4 heteroatoms. The molecule has 1 heterocycles. The summed E-state index contributed by atoms with van der Waals surface area (Å²) in [5, 5.41) is 3.55. The topological polar surface area (TPSA) is 38.3 Å². The Morgan fingerprint density at radius 1 is 1.28 bits per heavy atom.